The first kappa shape index (κ1) is 14.4. The van der Waals surface area contributed by atoms with Gasteiger partial charge in [-0.25, -0.2) is 0 Å². The van der Waals surface area contributed by atoms with Crippen molar-refractivity contribution >= 4 is 5.91 Å². The van der Waals surface area contributed by atoms with Gasteiger partial charge in [0.25, 0.3) is 0 Å². The van der Waals surface area contributed by atoms with Crippen molar-refractivity contribution < 1.29 is 4.79 Å². The molecule has 0 unspecified atom stereocenters. The number of nitrogens with one attached hydrogen (secondary N) is 1. The molecule has 0 saturated heterocycles. The lowest BCUT2D eigenvalue weighted by molar-refractivity contribution is -0.122. The quantitative estimate of drug-likeness (QED) is 0.675. The van der Waals surface area contributed by atoms with Gasteiger partial charge in [-0.1, -0.05) is 13.8 Å². The van der Waals surface area contributed by atoms with Crippen LogP contribution in [0.3, 0.4) is 0 Å². The van der Waals surface area contributed by atoms with E-state index >= 15 is 0 Å². The van der Waals surface area contributed by atoms with Crippen molar-refractivity contribution in [3.8, 4) is 0 Å². The van der Waals surface area contributed by atoms with Gasteiger partial charge < -0.3 is 11.1 Å². The van der Waals surface area contributed by atoms with Gasteiger partial charge in [-0.05, 0) is 32.9 Å². The third kappa shape index (κ3) is 7.33. The van der Waals surface area contributed by atoms with Crippen molar-refractivity contribution in [2.75, 3.05) is 26.7 Å². The highest BCUT2D eigenvalue weighted by molar-refractivity contribution is 5.78. The van der Waals surface area contributed by atoms with Crippen LogP contribution in [-0.4, -0.2) is 43.5 Å². The van der Waals surface area contributed by atoms with Crippen LogP contribution < -0.4 is 11.1 Å². The largest absolute Gasteiger partial charge is 0.353 e. The van der Waals surface area contributed by atoms with Crippen molar-refractivity contribution in [3.05, 3.63) is 0 Å². The minimum atomic E-state index is 0.0624. The van der Waals surface area contributed by atoms with Gasteiger partial charge in [0.1, 0.15) is 0 Å². The van der Waals surface area contributed by atoms with E-state index in [1.807, 2.05) is 25.8 Å². The van der Waals surface area contributed by atoms with Crippen molar-refractivity contribution in [2.24, 2.45) is 11.1 Å². The Morgan fingerprint density at radius 2 is 2.00 bits per heavy atom. The summed E-state index contributed by atoms with van der Waals surface area (Å²) in [4.78, 5) is 13.5. The Bertz CT molecular complexity index is 202. The molecular formula is C11H25N3O. The molecule has 0 bridgehead atoms. The van der Waals surface area contributed by atoms with Crippen LogP contribution in [-0.2, 0) is 4.79 Å². The first-order valence-electron chi connectivity index (χ1n) is 5.45. The number of nitrogens with zero attached hydrogens (tertiary/aromatic N) is 1. The minimum absolute atomic E-state index is 0.0624. The van der Waals surface area contributed by atoms with E-state index in [1.54, 1.807) is 0 Å². The standard InChI is InChI=1S/C11H25N3O/c1-9(2)13-10(15)6-14(5)8-11(3,4)7-12/h9H,6-8,12H2,1-5H3,(H,13,15). The summed E-state index contributed by atoms with van der Waals surface area (Å²) in [5.74, 6) is 0.0697. The molecule has 0 fully saturated rings. The molecule has 15 heavy (non-hydrogen) atoms. The van der Waals surface area contributed by atoms with Crippen LogP contribution in [0.1, 0.15) is 27.7 Å². The number of carbonyl (C=O) groups excluding carboxylic acids is 1. The first-order chi connectivity index (χ1) is 6.76. The number of hydrogen-bond donors (Lipinski definition) is 2. The summed E-state index contributed by atoms with van der Waals surface area (Å²) < 4.78 is 0. The average molecular weight is 215 g/mol. The van der Waals surface area contributed by atoms with E-state index in [2.05, 4.69) is 19.2 Å². The summed E-state index contributed by atoms with van der Waals surface area (Å²) in [5.41, 5.74) is 5.70. The summed E-state index contributed by atoms with van der Waals surface area (Å²) in [5, 5.41) is 2.87. The fourth-order valence-electron chi connectivity index (χ4n) is 1.46. The lowest BCUT2D eigenvalue weighted by Crippen LogP contribution is -2.43. The zero-order chi connectivity index (χ0) is 12.1. The molecule has 0 aliphatic carbocycles. The molecule has 4 nitrogen and oxygen atoms in total. The summed E-state index contributed by atoms with van der Waals surface area (Å²) in [6.07, 6.45) is 0. The van der Waals surface area contributed by atoms with Gasteiger partial charge in [0.2, 0.25) is 5.91 Å². The summed E-state index contributed by atoms with van der Waals surface area (Å²) in [6.45, 7) is 10.0. The monoisotopic (exact) mass is 215 g/mol. The maximum Gasteiger partial charge on any atom is 0.234 e. The van der Waals surface area contributed by atoms with Gasteiger partial charge in [0, 0.05) is 12.6 Å². The molecule has 0 aromatic carbocycles. The molecule has 0 spiro atoms. The Labute approximate surface area is 93.2 Å². The zero-order valence-electron chi connectivity index (χ0n) is 10.6. The second kappa shape index (κ2) is 6.08. The highest BCUT2D eigenvalue weighted by atomic mass is 16.2. The normalized spacial score (nSPS) is 12.3. The molecule has 4 heteroatoms. The summed E-state index contributed by atoms with van der Waals surface area (Å²) in [6, 6.07) is 0.202. The van der Waals surface area contributed by atoms with Crippen molar-refractivity contribution in [1.82, 2.24) is 10.2 Å². The van der Waals surface area contributed by atoms with Crippen molar-refractivity contribution in [1.29, 1.82) is 0 Å². The van der Waals surface area contributed by atoms with Gasteiger partial charge in [-0.2, -0.15) is 0 Å². The predicted octanol–water partition coefficient (Wildman–Crippen LogP) is 0.428. The summed E-state index contributed by atoms with van der Waals surface area (Å²) >= 11 is 0. The van der Waals surface area contributed by atoms with Crippen LogP contribution in [0, 0.1) is 5.41 Å². The van der Waals surface area contributed by atoms with E-state index in [0.29, 0.717) is 13.1 Å². The Hall–Kier alpha value is -0.610. The smallest absolute Gasteiger partial charge is 0.234 e. The van der Waals surface area contributed by atoms with E-state index in [9.17, 15) is 4.79 Å². The predicted molar refractivity (Wildman–Crippen MR) is 63.6 cm³/mol. The molecule has 0 rings (SSSR count). The Morgan fingerprint density at radius 1 is 1.47 bits per heavy atom. The van der Waals surface area contributed by atoms with Crippen LogP contribution in [0.25, 0.3) is 0 Å². The minimum Gasteiger partial charge on any atom is -0.353 e. The number of hydrogen-bond acceptors (Lipinski definition) is 3. The van der Waals surface area contributed by atoms with Crippen molar-refractivity contribution in [3.63, 3.8) is 0 Å². The van der Waals surface area contributed by atoms with Crippen LogP contribution in [0.15, 0.2) is 0 Å². The number of likely N-dealkylation sites (N-methyl/N-ethyl adjacent to an activating group) is 1. The molecule has 0 atom stereocenters. The maximum absolute atomic E-state index is 11.5. The Kier molecular flexibility index (Phi) is 5.83. The fourth-order valence-corrected chi connectivity index (χ4v) is 1.46. The number of rotatable bonds is 6. The van der Waals surface area contributed by atoms with Crippen LogP contribution in [0.4, 0.5) is 0 Å². The molecule has 0 radical (unpaired) electrons. The van der Waals surface area contributed by atoms with E-state index < -0.39 is 0 Å². The molecule has 0 saturated carbocycles. The SMILES string of the molecule is CC(C)NC(=O)CN(C)CC(C)(C)CN. The van der Waals surface area contributed by atoms with Gasteiger partial charge in [0.15, 0.2) is 0 Å². The Balaban J connectivity index is 3.93. The van der Waals surface area contributed by atoms with Gasteiger partial charge in [0.05, 0.1) is 6.54 Å². The lowest BCUT2D eigenvalue weighted by atomic mass is 9.93. The van der Waals surface area contributed by atoms with Crippen LogP contribution >= 0.6 is 0 Å². The molecule has 0 aromatic heterocycles. The van der Waals surface area contributed by atoms with Gasteiger partial charge in [-0.3, -0.25) is 9.69 Å². The summed E-state index contributed by atoms with van der Waals surface area (Å²) in [7, 11) is 1.94. The Morgan fingerprint density at radius 3 is 2.40 bits per heavy atom. The molecule has 90 valence electrons. The highest BCUT2D eigenvalue weighted by Crippen LogP contribution is 2.13. The van der Waals surface area contributed by atoms with E-state index in [4.69, 9.17) is 5.73 Å². The molecular weight excluding hydrogens is 190 g/mol. The molecule has 0 aromatic rings. The average Bonchev–Trinajstić information content (AvgIpc) is 2.00. The molecule has 1 amide bonds. The molecule has 3 N–H and O–H groups in total. The van der Waals surface area contributed by atoms with Gasteiger partial charge in [-0.15, -0.1) is 0 Å². The molecule has 0 heterocycles. The number of amides is 1. The molecule has 0 aliphatic rings. The number of carbonyl (C=O) groups is 1. The second-order valence-electron chi connectivity index (χ2n) is 5.26. The number of nitrogens with two attached hydrogens (primary N) is 1. The van der Waals surface area contributed by atoms with E-state index in [-0.39, 0.29) is 17.4 Å². The van der Waals surface area contributed by atoms with Crippen LogP contribution in [0.5, 0.6) is 0 Å². The first-order valence-corrected chi connectivity index (χ1v) is 5.45. The highest BCUT2D eigenvalue weighted by Gasteiger charge is 2.19. The van der Waals surface area contributed by atoms with E-state index in [0.717, 1.165) is 6.54 Å². The van der Waals surface area contributed by atoms with Gasteiger partial charge >= 0.3 is 0 Å². The van der Waals surface area contributed by atoms with E-state index in [1.165, 1.54) is 0 Å². The maximum atomic E-state index is 11.5. The fraction of sp³-hybridized carbons (Fsp3) is 0.909. The third-order valence-corrected chi connectivity index (χ3v) is 2.11. The zero-order valence-corrected chi connectivity index (χ0v) is 10.6. The topological polar surface area (TPSA) is 58.4 Å². The second-order valence-corrected chi connectivity index (χ2v) is 5.26. The van der Waals surface area contributed by atoms with Crippen molar-refractivity contribution in [2.45, 2.75) is 33.7 Å². The van der Waals surface area contributed by atoms with Crippen LogP contribution in [0.2, 0.25) is 0 Å². The lowest BCUT2D eigenvalue weighted by Gasteiger charge is -2.28. The molecule has 0 aliphatic heterocycles. The third-order valence-electron chi connectivity index (χ3n) is 2.11.